The smallest absolute Gasteiger partial charge is 0.239 e. The standard InChI is InChI=1S/C9H16N2O2.CH4.H2/c12-9(8-2-1-3-10-8)11-4-6-13-7-5-11;;/h8,10H,1-7H2;1H4;1H/t8-;;/m0../s1. The molecule has 2 rings (SSSR count). The maximum Gasteiger partial charge on any atom is 0.239 e. The molecule has 1 atom stereocenters. The molecule has 14 heavy (non-hydrogen) atoms. The Hall–Kier alpha value is -0.610. The lowest BCUT2D eigenvalue weighted by atomic mass is 10.2. The molecule has 4 heteroatoms. The van der Waals surface area contributed by atoms with E-state index in [9.17, 15) is 4.79 Å². The van der Waals surface area contributed by atoms with Gasteiger partial charge in [0.1, 0.15) is 0 Å². The molecule has 2 aliphatic rings. The highest BCUT2D eigenvalue weighted by atomic mass is 16.5. The Kier molecular flexibility index (Phi) is 4.35. The minimum atomic E-state index is 0. The van der Waals surface area contributed by atoms with Gasteiger partial charge in [-0.2, -0.15) is 0 Å². The van der Waals surface area contributed by atoms with Gasteiger partial charge in [-0.05, 0) is 19.4 Å². The highest BCUT2D eigenvalue weighted by molar-refractivity contribution is 5.82. The number of rotatable bonds is 1. The number of nitrogens with zero attached hydrogens (tertiary/aromatic N) is 1. The lowest BCUT2D eigenvalue weighted by Gasteiger charge is -2.29. The van der Waals surface area contributed by atoms with Crippen molar-refractivity contribution in [2.24, 2.45) is 0 Å². The molecule has 1 amide bonds. The largest absolute Gasteiger partial charge is 0.378 e. The summed E-state index contributed by atoms with van der Waals surface area (Å²) in [6.07, 6.45) is 2.12. The van der Waals surface area contributed by atoms with E-state index in [2.05, 4.69) is 5.32 Å². The summed E-state index contributed by atoms with van der Waals surface area (Å²) in [4.78, 5) is 13.7. The van der Waals surface area contributed by atoms with Crippen LogP contribution in [0.2, 0.25) is 0 Å². The summed E-state index contributed by atoms with van der Waals surface area (Å²) in [5.41, 5.74) is 0. The summed E-state index contributed by atoms with van der Waals surface area (Å²) < 4.78 is 5.20. The molecule has 2 aliphatic heterocycles. The zero-order valence-corrected chi connectivity index (χ0v) is 7.79. The first-order chi connectivity index (χ1) is 6.38. The number of ether oxygens (including phenoxy) is 1. The van der Waals surface area contributed by atoms with E-state index in [-0.39, 0.29) is 20.8 Å². The summed E-state index contributed by atoms with van der Waals surface area (Å²) in [5, 5.41) is 3.22. The molecule has 0 bridgehead atoms. The number of hydrogen-bond acceptors (Lipinski definition) is 3. The molecular weight excluding hydrogens is 180 g/mol. The molecule has 0 aromatic heterocycles. The van der Waals surface area contributed by atoms with Crippen LogP contribution in [0.1, 0.15) is 21.7 Å². The van der Waals surface area contributed by atoms with Crippen molar-refractivity contribution in [3.63, 3.8) is 0 Å². The van der Waals surface area contributed by atoms with Crippen molar-refractivity contribution in [3.05, 3.63) is 0 Å². The molecule has 1 N–H and O–H groups in total. The van der Waals surface area contributed by atoms with Crippen LogP contribution in [0.5, 0.6) is 0 Å². The molecule has 2 saturated heterocycles. The zero-order valence-electron chi connectivity index (χ0n) is 7.79. The van der Waals surface area contributed by atoms with Gasteiger partial charge in [0.25, 0.3) is 0 Å². The number of hydrogen-bond donors (Lipinski definition) is 1. The third-order valence-electron chi connectivity index (χ3n) is 2.68. The van der Waals surface area contributed by atoms with E-state index in [0.29, 0.717) is 13.2 Å². The average Bonchev–Trinajstić information content (AvgIpc) is 2.71. The molecule has 0 aromatic rings. The van der Waals surface area contributed by atoms with E-state index < -0.39 is 0 Å². The fraction of sp³-hybridized carbons (Fsp3) is 0.900. The molecule has 2 fully saturated rings. The number of nitrogens with one attached hydrogen (secondary N) is 1. The van der Waals surface area contributed by atoms with Crippen LogP contribution in [0.15, 0.2) is 0 Å². The van der Waals surface area contributed by atoms with Crippen molar-refractivity contribution in [2.45, 2.75) is 26.3 Å². The lowest BCUT2D eigenvalue weighted by molar-refractivity contribution is -0.137. The summed E-state index contributed by atoms with van der Waals surface area (Å²) in [6, 6.07) is 0.0816. The molecule has 0 saturated carbocycles. The first kappa shape index (κ1) is 11.5. The number of carbonyl (C=O) groups excluding carboxylic acids is 1. The highest BCUT2D eigenvalue weighted by Gasteiger charge is 2.27. The first-order valence-corrected chi connectivity index (χ1v) is 4.98. The van der Waals surface area contributed by atoms with Crippen molar-refractivity contribution in [2.75, 3.05) is 32.8 Å². The second-order valence-electron chi connectivity index (χ2n) is 3.59. The molecular formula is C10H22N2O2. The summed E-state index contributed by atoms with van der Waals surface area (Å²) in [6.45, 7) is 3.89. The molecule has 0 unspecified atom stereocenters. The number of carbonyl (C=O) groups is 1. The molecule has 2 heterocycles. The Morgan fingerprint density at radius 2 is 2.14 bits per heavy atom. The Labute approximate surface area is 87.1 Å². The van der Waals surface area contributed by atoms with Crippen LogP contribution in [0.25, 0.3) is 0 Å². The molecule has 4 nitrogen and oxygen atoms in total. The molecule has 0 spiro atoms. The second kappa shape index (κ2) is 5.32. The van der Waals surface area contributed by atoms with Gasteiger partial charge in [0, 0.05) is 14.5 Å². The molecule has 0 aromatic carbocycles. The third-order valence-corrected chi connectivity index (χ3v) is 2.68. The van der Waals surface area contributed by atoms with E-state index in [4.69, 9.17) is 4.74 Å². The molecule has 84 valence electrons. The molecule has 0 aliphatic carbocycles. The lowest BCUT2D eigenvalue weighted by Crippen LogP contribution is -2.48. The van der Waals surface area contributed by atoms with Crippen molar-refractivity contribution in [1.82, 2.24) is 10.2 Å². The van der Waals surface area contributed by atoms with Gasteiger partial charge in [-0.1, -0.05) is 7.43 Å². The van der Waals surface area contributed by atoms with E-state index in [1.807, 2.05) is 4.90 Å². The maximum atomic E-state index is 11.8. The topological polar surface area (TPSA) is 41.6 Å². The Balaban J connectivity index is 0.000000980. The van der Waals surface area contributed by atoms with E-state index in [1.54, 1.807) is 0 Å². The van der Waals surface area contributed by atoms with E-state index >= 15 is 0 Å². The van der Waals surface area contributed by atoms with Crippen LogP contribution in [-0.2, 0) is 9.53 Å². The SMILES string of the molecule is C.O=C([C@@H]1CCCN1)N1CCOCC1.[HH]. The van der Waals surface area contributed by atoms with Crippen molar-refractivity contribution in [1.29, 1.82) is 0 Å². The van der Waals surface area contributed by atoms with Crippen molar-refractivity contribution in [3.8, 4) is 0 Å². The third kappa shape index (κ3) is 2.45. The van der Waals surface area contributed by atoms with Crippen LogP contribution >= 0.6 is 0 Å². The minimum Gasteiger partial charge on any atom is -0.378 e. The van der Waals surface area contributed by atoms with Gasteiger partial charge in [-0.3, -0.25) is 4.79 Å². The van der Waals surface area contributed by atoms with Crippen molar-refractivity contribution >= 4 is 5.91 Å². The monoisotopic (exact) mass is 202 g/mol. The fourth-order valence-electron chi connectivity index (χ4n) is 1.90. The van der Waals surface area contributed by atoms with Crippen LogP contribution in [-0.4, -0.2) is 49.7 Å². The maximum absolute atomic E-state index is 11.8. The highest BCUT2D eigenvalue weighted by Crippen LogP contribution is 2.09. The minimum absolute atomic E-state index is 0. The van der Waals surface area contributed by atoms with Gasteiger partial charge in [-0.25, -0.2) is 0 Å². The van der Waals surface area contributed by atoms with Gasteiger partial charge >= 0.3 is 0 Å². The van der Waals surface area contributed by atoms with Crippen LogP contribution in [0.3, 0.4) is 0 Å². The van der Waals surface area contributed by atoms with E-state index in [0.717, 1.165) is 32.5 Å². The number of amides is 1. The quantitative estimate of drug-likeness (QED) is 0.672. The average molecular weight is 202 g/mol. The summed E-state index contributed by atoms with van der Waals surface area (Å²) in [5.74, 6) is 0.265. The van der Waals surface area contributed by atoms with Crippen molar-refractivity contribution < 1.29 is 11.0 Å². The van der Waals surface area contributed by atoms with Crippen LogP contribution < -0.4 is 5.32 Å². The molecule has 0 radical (unpaired) electrons. The van der Waals surface area contributed by atoms with Gasteiger partial charge in [0.2, 0.25) is 5.91 Å². The second-order valence-corrected chi connectivity index (χ2v) is 3.59. The predicted molar refractivity (Wildman–Crippen MR) is 57.3 cm³/mol. The zero-order chi connectivity index (χ0) is 9.10. The van der Waals surface area contributed by atoms with Gasteiger partial charge < -0.3 is 15.0 Å². The number of morpholine rings is 1. The van der Waals surface area contributed by atoms with E-state index in [1.165, 1.54) is 0 Å². The van der Waals surface area contributed by atoms with Gasteiger partial charge in [0.15, 0.2) is 0 Å². The normalized spacial score (nSPS) is 27.1. The van der Waals surface area contributed by atoms with Crippen LogP contribution in [0.4, 0.5) is 0 Å². The van der Waals surface area contributed by atoms with Gasteiger partial charge in [0.05, 0.1) is 19.3 Å². The van der Waals surface area contributed by atoms with Gasteiger partial charge in [-0.15, -0.1) is 0 Å². The fourth-order valence-corrected chi connectivity index (χ4v) is 1.90. The Morgan fingerprint density at radius 1 is 1.43 bits per heavy atom. The first-order valence-electron chi connectivity index (χ1n) is 4.98. The Morgan fingerprint density at radius 3 is 2.71 bits per heavy atom. The predicted octanol–water partition coefficient (Wildman–Crippen LogP) is 0.479. The summed E-state index contributed by atoms with van der Waals surface area (Å²) in [7, 11) is 0. The Bertz CT molecular complexity index is 190. The summed E-state index contributed by atoms with van der Waals surface area (Å²) >= 11 is 0. The van der Waals surface area contributed by atoms with Crippen LogP contribution in [0, 0.1) is 0 Å².